The van der Waals surface area contributed by atoms with E-state index in [1.165, 1.54) is 12.1 Å². The first-order chi connectivity index (χ1) is 14.4. The van der Waals surface area contributed by atoms with Crippen molar-refractivity contribution in [2.75, 3.05) is 32.0 Å². The summed E-state index contributed by atoms with van der Waals surface area (Å²) in [6.45, 7) is 5.71. The van der Waals surface area contributed by atoms with Crippen LogP contribution in [0.25, 0.3) is 22.0 Å². The van der Waals surface area contributed by atoms with E-state index in [1.54, 1.807) is 35.2 Å². The summed E-state index contributed by atoms with van der Waals surface area (Å²) in [6, 6.07) is 10.1. The number of fused-ring (bicyclic) bond motifs is 1. The van der Waals surface area contributed by atoms with E-state index in [2.05, 4.69) is 16.8 Å². The number of nitro benzene ring substituents is 1. The van der Waals surface area contributed by atoms with E-state index in [9.17, 15) is 14.9 Å². The fourth-order valence-electron chi connectivity index (χ4n) is 3.77. The molecule has 0 saturated carbocycles. The molecular weight excluding hydrogens is 386 g/mol. The van der Waals surface area contributed by atoms with Gasteiger partial charge in [0, 0.05) is 31.7 Å². The lowest BCUT2D eigenvalue weighted by Crippen LogP contribution is -2.45. The highest BCUT2D eigenvalue weighted by molar-refractivity contribution is 5.84. The number of nitrogens with zero attached hydrogens (tertiary/aromatic N) is 4. The van der Waals surface area contributed by atoms with E-state index in [-0.39, 0.29) is 23.0 Å². The van der Waals surface area contributed by atoms with Crippen molar-refractivity contribution in [3.63, 3.8) is 0 Å². The van der Waals surface area contributed by atoms with Gasteiger partial charge in [-0.2, -0.15) is 0 Å². The summed E-state index contributed by atoms with van der Waals surface area (Å²) in [5.41, 5.74) is 7.41. The van der Waals surface area contributed by atoms with E-state index < -0.39 is 4.92 Å². The molecule has 0 aliphatic carbocycles. The molecule has 0 amide bonds. The Balaban J connectivity index is 1.68. The average Bonchev–Trinajstić information content (AvgIpc) is 2.76. The number of hydrogen-bond acceptors (Lipinski definition) is 7. The second kappa shape index (κ2) is 8.21. The van der Waals surface area contributed by atoms with Crippen LogP contribution in [0.4, 0.5) is 11.4 Å². The molecule has 0 bridgehead atoms. The van der Waals surface area contributed by atoms with Gasteiger partial charge in [0.05, 0.1) is 35.4 Å². The van der Waals surface area contributed by atoms with Crippen LogP contribution in [0.2, 0.25) is 0 Å². The van der Waals surface area contributed by atoms with Crippen molar-refractivity contribution in [1.29, 1.82) is 0 Å². The first kappa shape index (κ1) is 20.0. The number of aromatic nitrogens is 2. The number of ether oxygens (including phenoxy) is 1. The number of hydrogen-bond donors (Lipinski definition) is 1. The number of anilines is 1. The summed E-state index contributed by atoms with van der Waals surface area (Å²) in [4.78, 5) is 30.5. The summed E-state index contributed by atoms with van der Waals surface area (Å²) in [5.74, 6) is 0. The Morgan fingerprint density at radius 1 is 1.20 bits per heavy atom. The Kier molecular flexibility index (Phi) is 5.47. The second-order valence-corrected chi connectivity index (χ2v) is 7.46. The lowest BCUT2D eigenvalue weighted by Gasteiger charge is -2.32. The molecule has 1 aliphatic heterocycles. The molecule has 2 heterocycles. The van der Waals surface area contributed by atoms with Crippen molar-refractivity contribution in [3.8, 4) is 11.1 Å². The number of nitro groups is 1. The first-order valence-electron chi connectivity index (χ1n) is 9.79. The lowest BCUT2D eigenvalue weighted by atomic mass is 10.0. The number of rotatable bonds is 5. The van der Waals surface area contributed by atoms with Gasteiger partial charge in [0.15, 0.2) is 0 Å². The molecule has 3 aromatic rings. The van der Waals surface area contributed by atoms with Gasteiger partial charge in [0.25, 0.3) is 11.2 Å². The van der Waals surface area contributed by atoms with Crippen LogP contribution in [0, 0.1) is 10.1 Å². The largest absolute Gasteiger partial charge is 0.393 e. The zero-order valence-electron chi connectivity index (χ0n) is 16.7. The van der Waals surface area contributed by atoms with Gasteiger partial charge in [-0.25, -0.2) is 4.98 Å². The van der Waals surface area contributed by atoms with Gasteiger partial charge in [-0.05, 0) is 36.2 Å². The van der Waals surface area contributed by atoms with Gasteiger partial charge < -0.3 is 10.5 Å². The summed E-state index contributed by atoms with van der Waals surface area (Å²) >= 11 is 0. The minimum absolute atomic E-state index is 0.102. The Bertz CT molecular complexity index is 1150. The lowest BCUT2D eigenvalue weighted by molar-refractivity contribution is -0.383. The Labute approximate surface area is 172 Å². The predicted molar refractivity (Wildman–Crippen MR) is 114 cm³/mol. The third-order valence-electron chi connectivity index (χ3n) is 5.51. The van der Waals surface area contributed by atoms with Crippen LogP contribution in [-0.4, -0.2) is 51.7 Å². The smallest absolute Gasteiger partial charge is 0.292 e. The van der Waals surface area contributed by atoms with E-state index in [1.807, 2.05) is 0 Å². The maximum absolute atomic E-state index is 13.1. The quantitative estimate of drug-likeness (QED) is 0.390. The Hall–Kier alpha value is -3.30. The molecule has 30 heavy (non-hydrogen) atoms. The Morgan fingerprint density at radius 3 is 2.63 bits per heavy atom. The summed E-state index contributed by atoms with van der Waals surface area (Å²) in [6.07, 6.45) is 1.58. The van der Waals surface area contributed by atoms with Crippen LogP contribution in [0.3, 0.4) is 0 Å². The maximum atomic E-state index is 13.1. The molecule has 0 spiro atoms. The molecule has 9 heteroatoms. The number of benzene rings is 2. The fraction of sp³-hybridized carbons (Fsp3) is 0.333. The molecule has 1 saturated heterocycles. The van der Waals surface area contributed by atoms with Gasteiger partial charge in [-0.1, -0.05) is 12.1 Å². The van der Waals surface area contributed by atoms with E-state index in [0.29, 0.717) is 41.8 Å². The van der Waals surface area contributed by atoms with Crippen LogP contribution in [0.1, 0.15) is 6.92 Å². The molecule has 1 aliphatic rings. The molecule has 1 aromatic heterocycles. The van der Waals surface area contributed by atoms with Gasteiger partial charge in [-0.15, -0.1) is 0 Å². The summed E-state index contributed by atoms with van der Waals surface area (Å²) in [5, 5.41) is 11.7. The second-order valence-electron chi connectivity index (χ2n) is 7.46. The SMILES string of the molecule is CC(Cn1cnc2ccc(-c3ccc(N)c([N+](=O)[O-])c3)cc2c1=O)N1CCOCC1. The van der Waals surface area contributed by atoms with Gasteiger partial charge in [0.1, 0.15) is 5.69 Å². The summed E-state index contributed by atoms with van der Waals surface area (Å²) in [7, 11) is 0. The molecule has 4 rings (SSSR count). The minimum Gasteiger partial charge on any atom is -0.393 e. The highest BCUT2D eigenvalue weighted by atomic mass is 16.6. The number of nitrogen functional groups attached to an aromatic ring is 1. The zero-order chi connectivity index (χ0) is 21.3. The normalized spacial score (nSPS) is 15.9. The van der Waals surface area contributed by atoms with Crippen LogP contribution >= 0.6 is 0 Å². The highest BCUT2D eigenvalue weighted by Gasteiger charge is 2.19. The predicted octanol–water partition coefficient (Wildman–Crippen LogP) is 2.27. The molecule has 2 N–H and O–H groups in total. The fourth-order valence-corrected chi connectivity index (χ4v) is 3.77. The van der Waals surface area contributed by atoms with Gasteiger partial charge in [-0.3, -0.25) is 24.4 Å². The molecule has 156 valence electrons. The maximum Gasteiger partial charge on any atom is 0.292 e. The van der Waals surface area contributed by atoms with Crippen LogP contribution < -0.4 is 11.3 Å². The molecule has 0 radical (unpaired) electrons. The minimum atomic E-state index is -0.512. The molecular formula is C21H23N5O4. The van der Waals surface area contributed by atoms with Crippen LogP contribution in [0.5, 0.6) is 0 Å². The topological polar surface area (TPSA) is 117 Å². The van der Waals surface area contributed by atoms with Crippen molar-refractivity contribution in [2.45, 2.75) is 19.5 Å². The Morgan fingerprint density at radius 2 is 1.90 bits per heavy atom. The molecule has 2 aromatic carbocycles. The van der Waals surface area contributed by atoms with Crippen molar-refractivity contribution in [3.05, 3.63) is 63.2 Å². The number of nitrogens with two attached hydrogens (primary N) is 1. The van der Waals surface area contributed by atoms with Crippen LogP contribution in [0.15, 0.2) is 47.5 Å². The number of morpholine rings is 1. The first-order valence-corrected chi connectivity index (χ1v) is 9.79. The summed E-state index contributed by atoms with van der Waals surface area (Å²) < 4.78 is 7.02. The van der Waals surface area contributed by atoms with E-state index in [0.717, 1.165) is 13.1 Å². The van der Waals surface area contributed by atoms with Crippen molar-refractivity contribution < 1.29 is 9.66 Å². The molecule has 1 unspecified atom stereocenters. The van der Waals surface area contributed by atoms with Crippen molar-refractivity contribution in [2.24, 2.45) is 0 Å². The van der Waals surface area contributed by atoms with Gasteiger partial charge >= 0.3 is 0 Å². The van der Waals surface area contributed by atoms with Crippen molar-refractivity contribution >= 4 is 22.3 Å². The van der Waals surface area contributed by atoms with E-state index in [4.69, 9.17) is 10.5 Å². The third kappa shape index (κ3) is 3.89. The average molecular weight is 409 g/mol. The monoisotopic (exact) mass is 409 g/mol. The standard InChI is InChI=1S/C21H23N5O4/c1-14(24-6-8-30-9-7-24)12-25-13-23-19-5-3-15(10-17(19)21(25)27)16-2-4-18(22)20(11-16)26(28)29/h2-5,10-11,13-14H,6-9,12,22H2,1H3. The molecule has 1 fully saturated rings. The third-order valence-corrected chi connectivity index (χ3v) is 5.51. The highest BCUT2D eigenvalue weighted by Crippen LogP contribution is 2.29. The zero-order valence-corrected chi connectivity index (χ0v) is 16.7. The molecule has 9 nitrogen and oxygen atoms in total. The van der Waals surface area contributed by atoms with Crippen LogP contribution in [-0.2, 0) is 11.3 Å². The molecule has 1 atom stereocenters. The van der Waals surface area contributed by atoms with Crippen molar-refractivity contribution in [1.82, 2.24) is 14.5 Å². The van der Waals surface area contributed by atoms with Gasteiger partial charge in [0.2, 0.25) is 0 Å². The van der Waals surface area contributed by atoms with E-state index >= 15 is 0 Å².